The van der Waals surface area contributed by atoms with Crippen molar-refractivity contribution in [2.45, 2.75) is 13.1 Å². The van der Waals surface area contributed by atoms with Gasteiger partial charge in [0, 0.05) is 25.2 Å². The molecule has 2 N–H and O–H groups in total. The van der Waals surface area contributed by atoms with E-state index < -0.39 is 0 Å². The number of aromatic amines is 1. The summed E-state index contributed by atoms with van der Waals surface area (Å²) in [6.45, 7) is 1.90. The molecule has 1 amide bonds. The highest BCUT2D eigenvalue weighted by atomic mass is 35.5. The zero-order valence-corrected chi connectivity index (χ0v) is 16.9. The quantitative estimate of drug-likeness (QED) is 0.561. The van der Waals surface area contributed by atoms with Gasteiger partial charge in [-0.05, 0) is 29.8 Å². The molecular formula is C21H23ClN4O3. The molecule has 3 rings (SSSR count). The lowest BCUT2D eigenvalue weighted by Gasteiger charge is -2.21. The average Bonchev–Trinajstić information content (AvgIpc) is 2.71. The largest absolute Gasteiger partial charge is 0.383 e. The number of hydrogen-bond donors (Lipinski definition) is 2. The number of nitrogens with one attached hydrogen (secondary N) is 2. The van der Waals surface area contributed by atoms with E-state index in [2.05, 4.69) is 15.3 Å². The fourth-order valence-electron chi connectivity index (χ4n) is 2.92. The number of fused-ring (bicyclic) bond motifs is 1. The van der Waals surface area contributed by atoms with Crippen molar-refractivity contribution in [2.75, 3.05) is 26.8 Å². The van der Waals surface area contributed by atoms with Crippen molar-refractivity contribution in [2.24, 2.45) is 0 Å². The van der Waals surface area contributed by atoms with Crippen LogP contribution in [0.25, 0.3) is 10.9 Å². The molecule has 7 nitrogen and oxygen atoms in total. The summed E-state index contributed by atoms with van der Waals surface area (Å²) in [5, 5.41) is 4.09. The van der Waals surface area contributed by atoms with E-state index in [0.29, 0.717) is 48.0 Å². The fraction of sp³-hybridized carbons (Fsp3) is 0.286. The smallest absolute Gasteiger partial charge is 0.258 e. The van der Waals surface area contributed by atoms with Crippen molar-refractivity contribution in [1.29, 1.82) is 0 Å². The molecule has 2 aromatic carbocycles. The van der Waals surface area contributed by atoms with E-state index in [-0.39, 0.29) is 18.0 Å². The van der Waals surface area contributed by atoms with Gasteiger partial charge in [0.05, 0.1) is 30.6 Å². The summed E-state index contributed by atoms with van der Waals surface area (Å²) >= 11 is 5.88. The highest BCUT2D eigenvalue weighted by Crippen LogP contribution is 2.09. The maximum absolute atomic E-state index is 12.4. The number of methoxy groups -OCH3 is 1. The van der Waals surface area contributed by atoms with E-state index in [1.807, 2.05) is 23.1 Å². The second-order valence-corrected chi connectivity index (χ2v) is 7.07. The fourth-order valence-corrected chi connectivity index (χ4v) is 3.04. The molecule has 0 radical (unpaired) electrons. The maximum atomic E-state index is 12.4. The number of carbonyl (C=O) groups is 1. The lowest BCUT2D eigenvalue weighted by Crippen LogP contribution is -2.38. The number of nitrogens with zero attached hydrogens (tertiary/aromatic N) is 2. The van der Waals surface area contributed by atoms with Gasteiger partial charge in [0.15, 0.2) is 0 Å². The Kier molecular flexibility index (Phi) is 7.35. The first-order chi connectivity index (χ1) is 14.0. The van der Waals surface area contributed by atoms with Gasteiger partial charge in [-0.3, -0.25) is 14.5 Å². The Bertz CT molecular complexity index is 1020. The maximum Gasteiger partial charge on any atom is 0.258 e. The molecule has 0 saturated heterocycles. The van der Waals surface area contributed by atoms with Crippen LogP contribution in [0.5, 0.6) is 0 Å². The monoisotopic (exact) mass is 414 g/mol. The normalized spacial score (nSPS) is 11.1. The molecule has 0 aliphatic carbocycles. The zero-order valence-electron chi connectivity index (χ0n) is 16.2. The summed E-state index contributed by atoms with van der Waals surface area (Å²) < 4.78 is 5.15. The Hall–Kier alpha value is -2.74. The third-order valence-electron chi connectivity index (χ3n) is 4.42. The molecule has 1 aromatic heterocycles. The van der Waals surface area contributed by atoms with Gasteiger partial charge >= 0.3 is 0 Å². The lowest BCUT2D eigenvalue weighted by atomic mass is 10.2. The number of halogens is 1. The first-order valence-electron chi connectivity index (χ1n) is 9.25. The van der Waals surface area contributed by atoms with Crippen LogP contribution in [0, 0.1) is 0 Å². The van der Waals surface area contributed by atoms with Crippen molar-refractivity contribution in [1.82, 2.24) is 20.2 Å². The van der Waals surface area contributed by atoms with E-state index in [1.54, 1.807) is 37.4 Å². The third kappa shape index (κ3) is 6.12. The summed E-state index contributed by atoms with van der Waals surface area (Å²) in [5.74, 6) is 0.384. The standard InChI is InChI=1S/C21H23ClN4O3/c1-29-11-10-26(14-20(27)23-12-15-6-8-16(22)9-7-15)13-19-24-18-5-3-2-4-17(18)21(28)25-19/h2-9H,10-14H2,1H3,(H,23,27)(H,24,25,28). The molecular weight excluding hydrogens is 392 g/mol. The van der Waals surface area contributed by atoms with E-state index in [4.69, 9.17) is 16.3 Å². The van der Waals surface area contributed by atoms with E-state index in [9.17, 15) is 9.59 Å². The van der Waals surface area contributed by atoms with Gasteiger partial charge in [0.25, 0.3) is 5.56 Å². The number of carbonyl (C=O) groups excluding carboxylic acids is 1. The Balaban J connectivity index is 1.65. The van der Waals surface area contributed by atoms with Crippen LogP contribution in [0.4, 0.5) is 0 Å². The minimum absolute atomic E-state index is 0.126. The number of rotatable bonds is 9. The molecule has 0 aliphatic heterocycles. The number of ether oxygens (including phenoxy) is 1. The number of aromatic nitrogens is 2. The number of H-pyrrole nitrogens is 1. The molecule has 0 spiro atoms. The predicted molar refractivity (Wildman–Crippen MR) is 113 cm³/mol. The van der Waals surface area contributed by atoms with E-state index >= 15 is 0 Å². The first-order valence-corrected chi connectivity index (χ1v) is 9.63. The van der Waals surface area contributed by atoms with Crippen molar-refractivity contribution in [3.05, 3.63) is 75.3 Å². The second kappa shape index (κ2) is 10.2. The van der Waals surface area contributed by atoms with Gasteiger partial charge in [-0.2, -0.15) is 0 Å². The topological polar surface area (TPSA) is 87.3 Å². The molecule has 8 heteroatoms. The third-order valence-corrected chi connectivity index (χ3v) is 4.67. The van der Waals surface area contributed by atoms with Gasteiger partial charge < -0.3 is 15.0 Å². The van der Waals surface area contributed by atoms with Crippen molar-refractivity contribution >= 4 is 28.4 Å². The van der Waals surface area contributed by atoms with Crippen LogP contribution in [0.3, 0.4) is 0 Å². The summed E-state index contributed by atoms with van der Waals surface area (Å²) in [6.07, 6.45) is 0. The highest BCUT2D eigenvalue weighted by Gasteiger charge is 2.13. The molecule has 3 aromatic rings. The van der Waals surface area contributed by atoms with Gasteiger partial charge in [0.2, 0.25) is 5.91 Å². The van der Waals surface area contributed by atoms with Gasteiger partial charge in [-0.25, -0.2) is 4.98 Å². The molecule has 0 fully saturated rings. The Morgan fingerprint density at radius 1 is 1.21 bits per heavy atom. The van der Waals surface area contributed by atoms with E-state index in [0.717, 1.165) is 5.56 Å². The molecule has 152 valence electrons. The van der Waals surface area contributed by atoms with Crippen LogP contribution < -0.4 is 10.9 Å². The summed E-state index contributed by atoms with van der Waals surface area (Å²) in [7, 11) is 1.61. The lowest BCUT2D eigenvalue weighted by molar-refractivity contribution is -0.122. The number of para-hydroxylation sites is 1. The van der Waals surface area contributed by atoms with Crippen LogP contribution in [-0.4, -0.2) is 47.6 Å². The molecule has 29 heavy (non-hydrogen) atoms. The zero-order chi connectivity index (χ0) is 20.6. The SMILES string of the molecule is COCCN(CC(=O)NCc1ccc(Cl)cc1)Cc1nc2ccccc2c(=O)[nH]1. The average molecular weight is 415 g/mol. The van der Waals surface area contributed by atoms with Crippen LogP contribution in [-0.2, 0) is 22.6 Å². The van der Waals surface area contributed by atoms with Crippen molar-refractivity contribution < 1.29 is 9.53 Å². The number of benzene rings is 2. The molecule has 1 heterocycles. The molecule has 0 atom stereocenters. The molecule has 0 unspecified atom stereocenters. The minimum atomic E-state index is -0.190. The van der Waals surface area contributed by atoms with Crippen LogP contribution in [0.15, 0.2) is 53.3 Å². The number of hydrogen-bond acceptors (Lipinski definition) is 5. The summed E-state index contributed by atoms with van der Waals surface area (Å²) in [4.78, 5) is 33.9. The van der Waals surface area contributed by atoms with Crippen LogP contribution in [0.1, 0.15) is 11.4 Å². The molecule has 0 aliphatic rings. The van der Waals surface area contributed by atoms with Crippen LogP contribution >= 0.6 is 11.6 Å². The molecule has 0 bridgehead atoms. The van der Waals surface area contributed by atoms with Gasteiger partial charge in [-0.1, -0.05) is 35.9 Å². The Morgan fingerprint density at radius 3 is 2.72 bits per heavy atom. The van der Waals surface area contributed by atoms with Gasteiger partial charge in [-0.15, -0.1) is 0 Å². The van der Waals surface area contributed by atoms with Crippen molar-refractivity contribution in [3.63, 3.8) is 0 Å². The predicted octanol–water partition coefficient (Wildman–Crippen LogP) is 2.34. The second-order valence-electron chi connectivity index (χ2n) is 6.64. The van der Waals surface area contributed by atoms with Crippen molar-refractivity contribution in [3.8, 4) is 0 Å². The highest BCUT2D eigenvalue weighted by molar-refractivity contribution is 6.30. The summed E-state index contributed by atoms with van der Waals surface area (Å²) in [6, 6.07) is 14.5. The minimum Gasteiger partial charge on any atom is -0.383 e. The van der Waals surface area contributed by atoms with E-state index in [1.165, 1.54) is 0 Å². The van der Waals surface area contributed by atoms with Gasteiger partial charge in [0.1, 0.15) is 5.82 Å². The number of amides is 1. The Morgan fingerprint density at radius 2 is 1.97 bits per heavy atom. The van der Waals surface area contributed by atoms with Crippen LogP contribution in [0.2, 0.25) is 5.02 Å². The summed E-state index contributed by atoms with van der Waals surface area (Å²) in [5.41, 5.74) is 1.40. The first kappa shape index (κ1) is 21.0. The molecule has 0 saturated carbocycles. The Labute approximate surface area is 173 Å².